The maximum Gasteiger partial charge on any atom is 0.338 e. The molecule has 2 heterocycles. The van der Waals surface area contributed by atoms with Crippen molar-refractivity contribution < 1.29 is 14.3 Å². The number of nitrogens with zero attached hydrogens (tertiary/aromatic N) is 2. The van der Waals surface area contributed by atoms with Gasteiger partial charge in [-0.3, -0.25) is 9.36 Å². The summed E-state index contributed by atoms with van der Waals surface area (Å²) in [6, 6.07) is 30.5. The highest BCUT2D eigenvalue weighted by Crippen LogP contribution is 2.37. The molecule has 1 aliphatic rings. The summed E-state index contributed by atoms with van der Waals surface area (Å²) in [5.74, 6) is 0.167. The third kappa shape index (κ3) is 6.71. The fourth-order valence-corrected chi connectivity index (χ4v) is 8.08. The van der Waals surface area contributed by atoms with Gasteiger partial charge in [-0.25, -0.2) is 9.79 Å². The van der Waals surface area contributed by atoms with E-state index >= 15 is 0 Å². The number of thioether (sulfide) groups is 1. The summed E-state index contributed by atoms with van der Waals surface area (Å²) in [7, 11) is 0. The minimum atomic E-state index is -0.726. The average Bonchev–Trinajstić information content (AvgIpc) is 3.38. The van der Waals surface area contributed by atoms with E-state index in [2.05, 4.69) is 31.9 Å². The van der Waals surface area contributed by atoms with Crippen molar-refractivity contribution in [3.63, 3.8) is 0 Å². The van der Waals surface area contributed by atoms with Crippen molar-refractivity contribution in [2.45, 2.75) is 24.5 Å². The topological polar surface area (TPSA) is 69.9 Å². The molecule has 46 heavy (non-hydrogen) atoms. The molecule has 0 bridgehead atoms. The van der Waals surface area contributed by atoms with Crippen LogP contribution < -0.4 is 19.6 Å². The Morgan fingerprint density at radius 3 is 2.26 bits per heavy atom. The SMILES string of the molecule is CCOC(=O)C1=C(c2ccccc2)N=c2s/c(=C\c3cc(Br)c(OCc4ccccc4)c(Br)c3)c(=O)n2[C@@H]1c1ccc(SC)cc1. The van der Waals surface area contributed by atoms with Gasteiger partial charge in [0.05, 0.1) is 37.4 Å². The van der Waals surface area contributed by atoms with E-state index in [1.54, 1.807) is 23.3 Å². The van der Waals surface area contributed by atoms with Crippen molar-refractivity contribution in [3.05, 3.63) is 154 Å². The van der Waals surface area contributed by atoms with Crippen LogP contribution in [0.2, 0.25) is 0 Å². The number of thiazole rings is 1. The molecular formula is C36H28Br2N2O4S2. The molecule has 1 aromatic heterocycles. The first-order valence-corrected chi connectivity index (χ1v) is 18.1. The van der Waals surface area contributed by atoms with Crippen molar-refractivity contribution in [2.75, 3.05) is 12.9 Å². The summed E-state index contributed by atoms with van der Waals surface area (Å²) < 4.78 is 15.3. The molecule has 0 saturated carbocycles. The second-order valence-corrected chi connectivity index (χ2v) is 13.9. The molecule has 6 rings (SSSR count). The third-order valence-electron chi connectivity index (χ3n) is 7.35. The fourth-order valence-electron chi connectivity index (χ4n) is 5.22. The van der Waals surface area contributed by atoms with Crippen molar-refractivity contribution in [2.24, 2.45) is 4.99 Å². The molecule has 1 aliphatic heterocycles. The van der Waals surface area contributed by atoms with E-state index in [1.165, 1.54) is 11.3 Å². The number of hydrogen-bond acceptors (Lipinski definition) is 7. The molecule has 1 atom stereocenters. The average molecular weight is 777 g/mol. The Morgan fingerprint density at radius 2 is 1.63 bits per heavy atom. The molecule has 6 nitrogen and oxygen atoms in total. The Bertz CT molecular complexity index is 2090. The summed E-state index contributed by atoms with van der Waals surface area (Å²) in [4.78, 5) is 34.4. The van der Waals surface area contributed by atoms with Crippen molar-refractivity contribution >= 4 is 72.7 Å². The smallest absolute Gasteiger partial charge is 0.338 e. The van der Waals surface area contributed by atoms with Crippen LogP contribution >= 0.6 is 55.0 Å². The molecule has 10 heteroatoms. The number of rotatable bonds is 9. The van der Waals surface area contributed by atoms with E-state index < -0.39 is 12.0 Å². The van der Waals surface area contributed by atoms with Gasteiger partial charge in [-0.05, 0) is 92.1 Å². The fraction of sp³-hybridized carbons (Fsp3) is 0.139. The van der Waals surface area contributed by atoms with E-state index in [-0.39, 0.29) is 12.2 Å². The lowest BCUT2D eigenvalue weighted by Gasteiger charge is -2.26. The lowest BCUT2D eigenvalue weighted by Crippen LogP contribution is -2.40. The van der Waals surface area contributed by atoms with Crippen LogP contribution in [0, 0.1) is 0 Å². The highest BCUT2D eigenvalue weighted by Gasteiger charge is 2.35. The Labute approximate surface area is 291 Å². The normalized spacial score (nSPS) is 14.5. The number of halogens is 2. The summed E-state index contributed by atoms with van der Waals surface area (Å²) in [6.45, 7) is 2.38. The predicted octanol–water partition coefficient (Wildman–Crippen LogP) is 7.76. The molecule has 0 saturated heterocycles. The number of fused-ring (bicyclic) bond motifs is 1. The first-order chi connectivity index (χ1) is 22.4. The van der Waals surface area contributed by atoms with E-state index in [0.29, 0.717) is 33.0 Å². The van der Waals surface area contributed by atoms with E-state index in [4.69, 9.17) is 14.5 Å². The van der Waals surface area contributed by atoms with Gasteiger partial charge in [-0.2, -0.15) is 0 Å². The third-order valence-corrected chi connectivity index (χ3v) is 10.3. The zero-order chi connectivity index (χ0) is 32.2. The molecule has 0 aliphatic carbocycles. The molecule has 232 valence electrons. The summed E-state index contributed by atoms with van der Waals surface area (Å²) in [6.07, 6.45) is 3.85. The van der Waals surface area contributed by atoms with Crippen LogP contribution in [0.25, 0.3) is 11.8 Å². The van der Waals surface area contributed by atoms with E-state index in [9.17, 15) is 9.59 Å². The van der Waals surface area contributed by atoms with E-state index in [1.807, 2.05) is 109 Å². The Balaban J connectivity index is 1.49. The molecule has 0 spiro atoms. The number of ether oxygens (including phenoxy) is 2. The zero-order valence-corrected chi connectivity index (χ0v) is 29.7. The largest absolute Gasteiger partial charge is 0.487 e. The van der Waals surface area contributed by atoms with Crippen LogP contribution in [0.15, 0.2) is 126 Å². The molecule has 0 amide bonds. The maximum atomic E-state index is 14.2. The van der Waals surface area contributed by atoms with Crippen LogP contribution in [0.1, 0.15) is 35.2 Å². The van der Waals surface area contributed by atoms with Gasteiger partial charge >= 0.3 is 5.97 Å². The number of carbonyl (C=O) groups is 1. The van der Waals surface area contributed by atoms with Gasteiger partial charge in [0, 0.05) is 10.5 Å². The van der Waals surface area contributed by atoms with E-state index in [0.717, 1.165) is 36.1 Å². The Morgan fingerprint density at radius 1 is 0.978 bits per heavy atom. The number of hydrogen-bond donors (Lipinski definition) is 0. The number of aromatic nitrogens is 1. The zero-order valence-electron chi connectivity index (χ0n) is 24.9. The summed E-state index contributed by atoms with van der Waals surface area (Å²) in [5, 5.41) is 0. The minimum Gasteiger partial charge on any atom is -0.487 e. The summed E-state index contributed by atoms with van der Waals surface area (Å²) in [5.41, 5.74) is 4.00. The molecule has 5 aromatic rings. The van der Waals surface area contributed by atoms with Gasteiger partial charge in [-0.1, -0.05) is 84.1 Å². The van der Waals surface area contributed by atoms with Gasteiger partial charge in [0.2, 0.25) is 0 Å². The Kier molecular flexibility index (Phi) is 10.1. The first kappa shape index (κ1) is 32.2. The van der Waals surface area contributed by atoms with Crippen molar-refractivity contribution in [3.8, 4) is 5.75 Å². The molecule has 0 unspecified atom stereocenters. The van der Waals surface area contributed by atoms with Crippen molar-refractivity contribution in [1.82, 2.24) is 4.57 Å². The van der Waals surface area contributed by atoms with Crippen molar-refractivity contribution in [1.29, 1.82) is 0 Å². The molecule has 0 fully saturated rings. The van der Waals surface area contributed by atoms with Crippen LogP contribution in [-0.2, 0) is 16.1 Å². The number of carbonyl (C=O) groups excluding carboxylic acids is 1. The highest BCUT2D eigenvalue weighted by molar-refractivity contribution is 9.11. The van der Waals surface area contributed by atoms with Gasteiger partial charge in [0.1, 0.15) is 12.4 Å². The van der Waals surface area contributed by atoms with Gasteiger partial charge in [0.15, 0.2) is 4.80 Å². The molecule has 0 radical (unpaired) electrons. The monoisotopic (exact) mass is 774 g/mol. The predicted molar refractivity (Wildman–Crippen MR) is 192 cm³/mol. The second-order valence-electron chi connectivity index (χ2n) is 10.3. The molecular weight excluding hydrogens is 748 g/mol. The lowest BCUT2D eigenvalue weighted by molar-refractivity contribution is -0.138. The quantitative estimate of drug-likeness (QED) is 0.113. The summed E-state index contributed by atoms with van der Waals surface area (Å²) >= 11 is 10.2. The lowest BCUT2D eigenvalue weighted by atomic mass is 9.93. The molecule has 0 N–H and O–H groups in total. The number of esters is 1. The molecule has 4 aromatic carbocycles. The second kappa shape index (κ2) is 14.4. The maximum absolute atomic E-state index is 14.2. The van der Waals surface area contributed by atoms with Gasteiger partial charge < -0.3 is 9.47 Å². The standard InChI is InChI=1S/C36H28Br2N2O4S2/c1-3-43-35(42)30-31(24-12-8-5-9-13-24)39-36-40(32(30)25-14-16-26(45-2)17-15-25)34(41)29(46-36)20-23-18-27(37)33(28(38)19-23)44-21-22-10-6-4-7-11-22/h4-20,32H,3,21H2,1-2H3/b29-20-/t32-/m1/s1. The van der Waals surface area contributed by atoms with Gasteiger partial charge in [0.25, 0.3) is 5.56 Å². The van der Waals surface area contributed by atoms with Crippen LogP contribution in [0.3, 0.4) is 0 Å². The van der Waals surface area contributed by atoms with Crippen LogP contribution in [-0.4, -0.2) is 23.4 Å². The first-order valence-electron chi connectivity index (χ1n) is 14.5. The minimum absolute atomic E-state index is 0.196. The Hall–Kier alpha value is -3.70. The van der Waals surface area contributed by atoms with Crippen LogP contribution in [0.4, 0.5) is 0 Å². The number of benzene rings is 4. The van der Waals surface area contributed by atoms with Gasteiger partial charge in [-0.15, -0.1) is 11.8 Å². The highest BCUT2D eigenvalue weighted by atomic mass is 79.9. The van der Waals surface area contributed by atoms with Crippen LogP contribution in [0.5, 0.6) is 5.75 Å².